The second-order valence-corrected chi connectivity index (χ2v) is 5.45. The van der Waals surface area contributed by atoms with Gasteiger partial charge in [0.05, 0.1) is 6.61 Å². The second kappa shape index (κ2) is 5.32. The molecule has 0 bridgehead atoms. The lowest BCUT2D eigenvalue weighted by Gasteiger charge is -2.37. The van der Waals surface area contributed by atoms with E-state index in [1.807, 2.05) is 0 Å². The van der Waals surface area contributed by atoms with E-state index in [1.165, 1.54) is 16.0 Å². The van der Waals surface area contributed by atoms with Gasteiger partial charge in [-0.25, -0.2) is 4.79 Å². The summed E-state index contributed by atoms with van der Waals surface area (Å²) in [7, 11) is 0. The lowest BCUT2D eigenvalue weighted by atomic mass is 10.0. The van der Waals surface area contributed by atoms with E-state index in [0.717, 1.165) is 31.9 Å². The molecule has 5 nitrogen and oxygen atoms in total. The molecule has 1 saturated heterocycles. The molecule has 2 aliphatic heterocycles. The van der Waals surface area contributed by atoms with E-state index >= 15 is 0 Å². The quantitative estimate of drug-likeness (QED) is 0.897. The van der Waals surface area contributed by atoms with Gasteiger partial charge in [0.15, 0.2) is 0 Å². The van der Waals surface area contributed by atoms with E-state index in [-0.39, 0.29) is 0 Å². The highest BCUT2D eigenvalue weighted by Crippen LogP contribution is 2.30. The van der Waals surface area contributed by atoms with Crippen LogP contribution in [0, 0.1) is 0 Å². The van der Waals surface area contributed by atoms with Crippen LogP contribution in [0.1, 0.15) is 24.1 Å². The Morgan fingerprint density at radius 1 is 1.30 bits per heavy atom. The molecule has 1 fully saturated rings. The molecule has 5 heteroatoms. The van der Waals surface area contributed by atoms with E-state index in [2.05, 4.69) is 30.0 Å². The number of rotatable bonds is 2. The van der Waals surface area contributed by atoms with Crippen LogP contribution < -0.4 is 4.74 Å². The van der Waals surface area contributed by atoms with Crippen molar-refractivity contribution in [2.75, 3.05) is 32.8 Å². The van der Waals surface area contributed by atoms with Crippen LogP contribution in [0.2, 0.25) is 0 Å². The molecule has 108 valence electrons. The maximum absolute atomic E-state index is 10.9. The maximum Gasteiger partial charge on any atom is 0.407 e. The van der Waals surface area contributed by atoms with Crippen molar-refractivity contribution >= 4 is 6.09 Å². The zero-order valence-corrected chi connectivity index (χ0v) is 11.7. The summed E-state index contributed by atoms with van der Waals surface area (Å²) in [6, 6.07) is 6.75. The third-order valence-corrected chi connectivity index (χ3v) is 4.34. The molecule has 0 spiro atoms. The first-order valence-electron chi connectivity index (χ1n) is 7.12. The van der Waals surface area contributed by atoms with E-state index in [0.29, 0.717) is 19.1 Å². The van der Waals surface area contributed by atoms with Crippen molar-refractivity contribution in [2.45, 2.75) is 19.4 Å². The van der Waals surface area contributed by atoms with Crippen molar-refractivity contribution in [3.63, 3.8) is 0 Å². The highest BCUT2D eigenvalue weighted by molar-refractivity contribution is 5.65. The minimum absolute atomic E-state index is 0.292. The summed E-state index contributed by atoms with van der Waals surface area (Å²) in [5, 5.41) is 8.98. The standard InChI is InChI=1S/C15H20N2O3/c1-11(16-5-7-17(8-6-16)15(18)19)13-3-2-12-4-9-20-14(12)10-13/h2-3,10-11H,4-9H2,1H3,(H,18,19). The first kappa shape index (κ1) is 13.2. The maximum atomic E-state index is 10.9. The average molecular weight is 276 g/mol. The van der Waals surface area contributed by atoms with Crippen molar-refractivity contribution in [1.29, 1.82) is 0 Å². The molecule has 0 aromatic heterocycles. The van der Waals surface area contributed by atoms with Gasteiger partial charge in [0, 0.05) is 38.6 Å². The molecule has 1 atom stereocenters. The van der Waals surface area contributed by atoms with E-state index in [9.17, 15) is 4.79 Å². The fourth-order valence-electron chi connectivity index (χ4n) is 2.95. The number of fused-ring (bicyclic) bond motifs is 1. The molecule has 0 saturated carbocycles. The Morgan fingerprint density at radius 3 is 2.75 bits per heavy atom. The molecule has 2 heterocycles. The predicted molar refractivity (Wildman–Crippen MR) is 75.2 cm³/mol. The SMILES string of the molecule is CC(c1ccc2c(c1)OCC2)N1CCN(C(=O)O)CC1. The van der Waals surface area contributed by atoms with Crippen molar-refractivity contribution in [1.82, 2.24) is 9.80 Å². The molecule has 20 heavy (non-hydrogen) atoms. The molecule has 3 rings (SSSR count). The van der Waals surface area contributed by atoms with Gasteiger partial charge in [0.25, 0.3) is 0 Å². The van der Waals surface area contributed by atoms with Gasteiger partial charge in [-0.1, -0.05) is 12.1 Å². The van der Waals surface area contributed by atoms with E-state index in [1.54, 1.807) is 0 Å². The number of benzene rings is 1. The summed E-state index contributed by atoms with van der Waals surface area (Å²) in [5.74, 6) is 1.01. The highest BCUT2D eigenvalue weighted by Gasteiger charge is 2.25. The number of hydrogen-bond donors (Lipinski definition) is 1. The molecule has 1 unspecified atom stereocenters. The van der Waals surface area contributed by atoms with Gasteiger partial charge in [-0.15, -0.1) is 0 Å². The van der Waals surface area contributed by atoms with Crippen molar-refractivity contribution in [2.24, 2.45) is 0 Å². The average Bonchev–Trinajstić information content (AvgIpc) is 2.94. The molecular weight excluding hydrogens is 256 g/mol. The smallest absolute Gasteiger partial charge is 0.407 e. The Labute approximate surface area is 118 Å². The van der Waals surface area contributed by atoms with Crippen LogP contribution in [0.25, 0.3) is 0 Å². The van der Waals surface area contributed by atoms with Gasteiger partial charge in [0.2, 0.25) is 0 Å². The Morgan fingerprint density at radius 2 is 2.05 bits per heavy atom. The number of hydrogen-bond acceptors (Lipinski definition) is 3. The Bertz CT molecular complexity index is 510. The van der Waals surface area contributed by atoms with E-state index < -0.39 is 6.09 Å². The van der Waals surface area contributed by atoms with Gasteiger partial charge in [-0.3, -0.25) is 4.90 Å². The van der Waals surface area contributed by atoms with Gasteiger partial charge in [-0.2, -0.15) is 0 Å². The summed E-state index contributed by atoms with van der Waals surface area (Å²) in [4.78, 5) is 14.7. The van der Waals surface area contributed by atoms with Crippen molar-refractivity contribution in [3.05, 3.63) is 29.3 Å². The number of piperazine rings is 1. The zero-order chi connectivity index (χ0) is 14.1. The topological polar surface area (TPSA) is 53.0 Å². The molecule has 1 aromatic carbocycles. The fourth-order valence-corrected chi connectivity index (χ4v) is 2.95. The number of carboxylic acid groups (broad SMARTS) is 1. The Hall–Kier alpha value is -1.75. The number of nitrogens with zero attached hydrogens (tertiary/aromatic N) is 2. The summed E-state index contributed by atoms with van der Waals surface area (Å²) in [6.07, 6.45) is 0.185. The molecule has 2 aliphatic rings. The van der Waals surface area contributed by atoms with E-state index in [4.69, 9.17) is 9.84 Å². The fraction of sp³-hybridized carbons (Fsp3) is 0.533. The van der Waals surface area contributed by atoms with Crippen molar-refractivity contribution in [3.8, 4) is 5.75 Å². The normalized spacial score (nSPS) is 20.4. The lowest BCUT2D eigenvalue weighted by molar-refractivity contribution is 0.0888. The molecule has 0 aliphatic carbocycles. The summed E-state index contributed by atoms with van der Waals surface area (Å²) in [5.41, 5.74) is 2.53. The van der Waals surface area contributed by atoms with Crippen LogP contribution in [0.5, 0.6) is 5.75 Å². The molecule has 1 amide bonds. The monoisotopic (exact) mass is 276 g/mol. The van der Waals surface area contributed by atoms with Crippen LogP contribution in [-0.2, 0) is 6.42 Å². The van der Waals surface area contributed by atoms with Crippen molar-refractivity contribution < 1.29 is 14.6 Å². The summed E-state index contributed by atoms with van der Waals surface area (Å²) in [6.45, 7) is 5.69. The third kappa shape index (κ3) is 2.45. The minimum Gasteiger partial charge on any atom is -0.493 e. The van der Waals surface area contributed by atoms with Crippen LogP contribution in [0.4, 0.5) is 4.79 Å². The highest BCUT2D eigenvalue weighted by atomic mass is 16.5. The summed E-state index contributed by atoms with van der Waals surface area (Å²) >= 11 is 0. The minimum atomic E-state index is -0.816. The first-order chi connectivity index (χ1) is 9.65. The van der Waals surface area contributed by atoms with Crippen LogP contribution in [0.3, 0.4) is 0 Å². The predicted octanol–water partition coefficient (Wildman–Crippen LogP) is 1.98. The van der Waals surface area contributed by atoms with Crippen LogP contribution in [-0.4, -0.2) is 53.8 Å². The number of amides is 1. The van der Waals surface area contributed by atoms with Gasteiger partial charge < -0.3 is 14.7 Å². The zero-order valence-electron chi connectivity index (χ0n) is 11.7. The lowest BCUT2D eigenvalue weighted by Crippen LogP contribution is -2.48. The van der Waals surface area contributed by atoms with Gasteiger partial charge >= 0.3 is 6.09 Å². The van der Waals surface area contributed by atoms with Gasteiger partial charge in [0.1, 0.15) is 5.75 Å². The molecule has 0 radical (unpaired) electrons. The second-order valence-electron chi connectivity index (χ2n) is 5.45. The Balaban J connectivity index is 1.67. The van der Waals surface area contributed by atoms with Gasteiger partial charge in [-0.05, 0) is 24.1 Å². The molecule has 1 N–H and O–H groups in total. The first-order valence-corrected chi connectivity index (χ1v) is 7.12. The third-order valence-electron chi connectivity index (χ3n) is 4.34. The number of ether oxygens (including phenoxy) is 1. The summed E-state index contributed by atoms with van der Waals surface area (Å²) < 4.78 is 5.62. The van der Waals surface area contributed by atoms with Crippen LogP contribution in [0.15, 0.2) is 18.2 Å². The van der Waals surface area contributed by atoms with Crippen LogP contribution >= 0.6 is 0 Å². The largest absolute Gasteiger partial charge is 0.493 e. The molecule has 1 aromatic rings. The molecular formula is C15H20N2O3. The Kier molecular flexibility index (Phi) is 3.53. The number of carbonyl (C=O) groups is 1.